The highest BCUT2D eigenvalue weighted by atomic mass is 16.7. The summed E-state index contributed by atoms with van der Waals surface area (Å²) in [6.07, 6.45) is -0.863. The van der Waals surface area contributed by atoms with Gasteiger partial charge in [-0.25, -0.2) is 0 Å². The maximum absolute atomic E-state index is 11.9. The molecule has 1 aromatic rings. The van der Waals surface area contributed by atoms with Crippen molar-refractivity contribution >= 4 is 5.78 Å². The number of carbonyl (C=O) groups excluding carboxylic acids is 1. The van der Waals surface area contributed by atoms with Crippen LogP contribution in [-0.2, 0) is 14.2 Å². The van der Waals surface area contributed by atoms with Gasteiger partial charge in [0.2, 0.25) is 12.1 Å². The van der Waals surface area contributed by atoms with Crippen molar-refractivity contribution in [2.24, 2.45) is 0 Å². The largest absolute Gasteiger partial charge is 0.382 e. The first-order valence-electron chi connectivity index (χ1n) is 5.02. The van der Waals surface area contributed by atoms with Gasteiger partial charge in [0.25, 0.3) is 0 Å². The average molecular weight is 224 g/mol. The Labute approximate surface area is 95.1 Å². The van der Waals surface area contributed by atoms with Crippen LogP contribution in [0.2, 0.25) is 0 Å². The Balaban J connectivity index is 2.56. The van der Waals surface area contributed by atoms with Gasteiger partial charge in [-0.2, -0.15) is 0 Å². The van der Waals surface area contributed by atoms with E-state index >= 15 is 0 Å². The van der Waals surface area contributed by atoms with Gasteiger partial charge in [-0.3, -0.25) is 4.79 Å². The van der Waals surface area contributed by atoms with E-state index in [2.05, 4.69) is 0 Å². The third-order valence-electron chi connectivity index (χ3n) is 2.04. The number of ether oxygens (including phenoxy) is 3. The summed E-state index contributed by atoms with van der Waals surface area (Å²) in [5, 5.41) is 0. The SMILES string of the molecule is COCCOC(OC)C(=O)c1ccccc1. The fraction of sp³-hybridized carbons (Fsp3) is 0.417. The van der Waals surface area contributed by atoms with Crippen LogP contribution in [0.1, 0.15) is 10.4 Å². The highest BCUT2D eigenvalue weighted by Gasteiger charge is 2.19. The van der Waals surface area contributed by atoms with Crippen LogP contribution >= 0.6 is 0 Å². The van der Waals surface area contributed by atoms with Gasteiger partial charge in [0, 0.05) is 19.8 Å². The first kappa shape index (κ1) is 12.8. The molecule has 0 aliphatic carbocycles. The molecule has 1 rings (SSSR count). The zero-order valence-electron chi connectivity index (χ0n) is 9.51. The molecule has 1 aromatic carbocycles. The van der Waals surface area contributed by atoms with Crippen molar-refractivity contribution in [3.05, 3.63) is 35.9 Å². The van der Waals surface area contributed by atoms with Crippen LogP contribution in [-0.4, -0.2) is 39.5 Å². The van der Waals surface area contributed by atoms with Crippen LogP contribution < -0.4 is 0 Å². The topological polar surface area (TPSA) is 44.8 Å². The molecule has 0 aromatic heterocycles. The molecule has 0 aliphatic rings. The smallest absolute Gasteiger partial charge is 0.222 e. The van der Waals surface area contributed by atoms with Crippen LogP contribution in [0.3, 0.4) is 0 Å². The number of hydrogen-bond donors (Lipinski definition) is 0. The zero-order chi connectivity index (χ0) is 11.8. The van der Waals surface area contributed by atoms with E-state index in [9.17, 15) is 4.79 Å². The minimum atomic E-state index is -0.863. The van der Waals surface area contributed by atoms with E-state index < -0.39 is 6.29 Å². The lowest BCUT2D eigenvalue weighted by atomic mass is 10.1. The third-order valence-corrected chi connectivity index (χ3v) is 2.04. The van der Waals surface area contributed by atoms with Crippen molar-refractivity contribution in [3.8, 4) is 0 Å². The molecule has 0 heterocycles. The highest BCUT2D eigenvalue weighted by molar-refractivity contribution is 5.98. The molecule has 0 radical (unpaired) electrons. The first-order valence-corrected chi connectivity index (χ1v) is 5.02. The number of benzene rings is 1. The molecule has 0 fully saturated rings. The van der Waals surface area contributed by atoms with Gasteiger partial charge in [-0.1, -0.05) is 30.3 Å². The second-order valence-electron chi connectivity index (χ2n) is 3.16. The summed E-state index contributed by atoms with van der Waals surface area (Å²) >= 11 is 0. The van der Waals surface area contributed by atoms with E-state index in [4.69, 9.17) is 14.2 Å². The van der Waals surface area contributed by atoms with E-state index in [-0.39, 0.29) is 5.78 Å². The Hall–Kier alpha value is -1.23. The molecule has 0 N–H and O–H groups in total. The summed E-state index contributed by atoms with van der Waals surface area (Å²) in [6, 6.07) is 8.91. The molecule has 0 saturated carbocycles. The fourth-order valence-corrected chi connectivity index (χ4v) is 1.23. The highest BCUT2D eigenvalue weighted by Crippen LogP contribution is 2.06. The van der Waals surface area contributed by atoms with Gasteiger partial charge in [-0.15, -0.1) is 0 Å². The van der Waals surface area contributed by atoms with Gasteiger partial charge in [0.1, 0.15) is 0 Å². The van der Waals surface area contributed by atoms with Gasteiger partial charge >= 0.3 is 0 Å². The first-order chi connectivity index (χ1) is 7.79. The molecule has 16 heavy (non-hydrogen) atoms. The Morgan fingerprint density at radius 2 is 1.88 bits per heavy atom. The standard InChI is InChI=1S/C12H16O4/c1-14-8-9-16-12(15-2)11(13)10-6-4-3-5-7-10/h3-7,12H,8-9H2,1-2H3. The van der Waals surface area contributed by atoms with Crippen LogP contribution in [0.15, 0.2) is 30.3 Å². The fourth-order valence-electron chi connectivity index (χ4n) is 1.23. The molecule has 0 spiro atoms. The molecule has 0 bridgehead atoms. The van der Waals surface area contributed by atoms with Crippen molar-refractivity contribution in [1.29, 1.82) is 0 Å². The van der Waals surface area contributed by atoms with Crippen molar-refractivity contribution in [2.45, 2.75) is 6.29 Å². The summed E-state index contributed by atoms with van der Waals surface area (Å²) in [5.41, 5.74) is 0.576. The van der Waals surface area contributed by atoms with Gasteiger partial charge in [0.05, 0.1) is 13.2 Å². The second kappa shape index (κ2) is 7.11. The van der Waals surface area contributed by atoms with Crippen molar-refractivity contribution in [3.63, 3.8) is 0 Å². The predicted octanol–water partition coefficient (Wildman–Crippen LogP) is 1.50. The normalized spacial score (nSPS) is 12.4. The minimum Gasteiger partial charge on any atom is -0.382 e. The van der Waals surface area contributed by atoms with E-state index in [1.54, 1.807) is 31.4 Å². The lowest BCUT2D eigenvalue weighted by Crippen LogP contribution is -2.27. The Morgan fingerprint density at radius 3 is 2.44 bits per heavy atom. The summed E-state index contributed by atoms with van der Waals surface area (Å²) in [7, 11) is 3.02. The third kappa shape index (κ3) is 3.73. The molecular formula is C12H16O4. The monoisotopic (exact) mass is 224 g/mol. The lowest BCUT2D eigenvalue weighted by Gasteiger charge is -2.14. The van der Waals surface area contributed by atoms with E-state index in [0.717, 1.165) is 0 Å². The molecule has 88 valence electrons. The van der Waals surface area contributed by atoms with Crippen LogP contribution in [0.5, 0.6) is 0 Å². The molecule has 1 unspecified atom stereocenters. The van der Waals surface area contributed by atoms with Crippen LogP contribution in [0.4, 0.5) is 0 Å². The maximum Gasteiger partial charge on any atom is 0.222 e. The Kier molecular flexibility index (Phi) is 5.71. The van der Waals surface area contributed by atoms with Gasteiger partial charge in [0.15, 0.2) is 0 Å². The van der Waals surface area contributed by atoms with E-state index in [1.165, 1.54) is 7.11 Å². The van der Waals surface area contributed by atoms with Crippen molar-refractivity contribution < 1.29 is 19.0 Å². The van der Waals surface area contributed by atoms with E-state index in [0.29, 0.717) is 18.8 Å². The number of ketones is 1. The number of hydrogen-bond acceptors (Lipinski definition) is 4. The molecule has 0 amide bonds. The van der Waals surface area contributed by atoms with Gasteiger partial charge in [-0.05, 0) is 0 Å². The molecule has 4 heteroatoms. The van der Waals surface area contributed by atoms with Crippen LogP contribution in [0, 0.1) is 0 Å². The number of methoxy groups -OCH3 is 2. The summed E-state index contributed by atoms with van der Waals surface area (Å²) in [6.45, 7) is 0.759. The zero-order valence-corrected chi connectivity index (χ0v) is 9.51. The number of rotatable bonds is 7. The average Bonchev–Trinajstić information content (AvgIpc) is 2.35. The van der Waals surface area contributed by atoms with Crippen molar-refractivity contribution in [2.75, 3.05) is 27.4 Å². The van der Waals surface area contributed by atoms with E-state index in [1.807, 2.05) is 6.07 Å². The molecule has 1 atom stereocenters. The number of Topliss-reactive ketones (excluding diaryl/α,β-unsaturated/α-hetero) is 1. The van der Waals surface area contributed by atoms with Gasteiger partial charge < -0.3 is 14.2 Å². The molecule has 4 nitrogen and oxygen atoms in total. The summed E-state index contributed by atoms with van der Waals surface area (Å²) in [5.74, 6) is -0.181. The minimum absolute atomic E-state index is 0.181. The Morgan fingerprint density at radius 1 is 1.19 bits per heavy atom. The molecule has 0 aliphatic heterocycles. The lowest BCUT2D eigenvalue weighted by molar-refractivity contribution is -0.104. The maximum atomic E-state index is 11.9. The Bertz CT molecular complexity index is 310. The van der Waals surface area contributed by atoms with Crippen LogP contribution in [0.25, 0.3) is 0 Å². The predicted molar refractivity (Wildman–Crippen MR) is 59.4 cm³/mol. The number of carbonyl (C=O) groups is 1. The molecular weight excluding hydrogens is 208 g/mol. The van der Waals surface area contributed by atoms with Crippen molar-refractivity contribution in [1.82, 2.24) is 0 Å². The summed E-state index contributed by atoms with van der Waals surface area (Å²) < 4.78 is 15.1. The molecule has 0 saturated heterocycles. The summed E-state index contributed by atoms with van der Waals surface area (Å²) in [4.78, 5) is 11.9. The quantitative estimate of drug-likeness (QED) is 0.400. The second-order valence-corrected chi connectivity index (χ2v) is 3.16.